The van der Waals surface area contributed by atoms with E-state index < -0.39 is 0 Å². The number of anilines is 1. The van der Waals surface area contributed by atoms with Gasteiger partial charge in [-0.3, -0.25) is 4.79 Å². The van der Waals surface area contributed by atoms with Gasteiger partial charge in [0.05, 0.1) is 5.69 Å². The summed E-state index contributed by atoms with van der Waals surface area (Å²) in [5, 5.41) is 8.64. The smallest absolute Gasteiger partial charge is 0.274 e. The van der Waals surface area contributed by atoms with Crippen LogP contribution in [0.15, 0.2) is 36.4 Å². The topological polar surface area (TPSA) is 49.3 Å². The first-order chi connectivity index (χ1) is 10.6. The van der Waals surface area contributed by atoms with Crippen LogP contribution in [0.4, 0.5) is 5.69 Å². The normalized spacial score (nSPS) is 15.0. The van der Waals surface area contributed by atoms with Crippen molar-refractivity contribution in [3.8, 4) is 0 Å². The molecule has 0 aliphatic carbocycles. The van der Waals surface area contributed by atoms with E-state index in [1.807, 2.05) is 42.2 Å². The number of carbonyl (C=O) groups excluding carboxylic acids is 1. The van der Waals surface area contributed by atoms with E-state index in [0.29, 0.717) is 18.8 Å². The Morgan fingerprint density at radius 2 is 1.86 bits per heavy atom. The lowest BCUT2D eigenvalue weighted by Gasteiger charge is -2.36. The number of aromatic nitrogens is 2. The van der Waals surface area contributed by atoms with Crippen molar-refractivity contribution in [2.45, 2.75) is 6.92 Å². The van der Waals surface area contributed by atoms with E-state index in [1.54, 1.807) is 6.07 Å². The average Bonchev–Trinajstić information content (AvgIpc) is 2.55. The molecule has 3 rings (SSSR count). The largest absolute Gasteiger partial charge is 0.368 e. The van der Waals surface area contributed by atoms with Crippen molar-refractivity contribution in [3.63, 3.8) is 0 Å². The molecule has 6 heteroatoms. The highest BCUT2D eigenvalue weighted by molar-refractivity contribution is 6.30. The first-order valence-electron chi connectivity index (χ1n) is 7.23. The monoisotopic (exact) mass is 316 g/mol. The predicted molar refractivity (Wildman–Crippen MR) is 86.3 cm³/mol. The van der Waals surface area contributed by atoms with Gasteiger partial charge in [-0.05, 0) is 37.3 Å². The number of nitrogens with zero attached hydrogens (tertiary/aromatic N) is 4. The molecule has 1 aliphatic rings. The summed E-state index contributed by atoms with van der Waals surface area (Å²) in [6, 6.07) is 11.3. The average molecular weight is 317 g/mol. The molecule has 2 aromatic rings. The molecule has 2 heterocycles. The zero-order valence-corrected chi connectivity index (χ0v) is 13.1. The summed E-state index contributed by atoms with van der Waals surface area (Å²) < 4.78 is 0. The van der Waals surface area contributed by atoms with Crippen molar-refractivity contribution in [2.24, 2.45) is 0 Å². The molecule has 0 N–H and O–H groups in total. The minimum Gasteiger partial charge on any atom is -0.368 e. The van der Waals surface area contributed by atoms with Crippen molar-refractivity contribution < 1.29 is 4.79 Å². The molecule has 0 unspecified atom stereocenters. The molecule has 114 valence electrons. The van der Waals surface area contributed by atoms with Crippen LogP contribution in [-0.2, 0) is 0 Å². The Labute approximate surface area is 134 Å². The highest BCUT2D eigenvalue weighted by Gasteiger charge is 2.23. The van der Waals surface area contributed by atoms with Crippen LogP contribution in [0.2, 0.25) is 5.02 Å². The Hall–Kier alpha value is -2.14. The summed E-state index contributed by atoms with van der Waals surface area (Å²) in [6.45, 7) is 4.75. The minimum atomic E-state index is -0.0572. The molecule has 1 fully saturated rings. The Bertz CT molecular complexity index is 666. The quantitative estimate of drug-likeness (QED) is 0.853. The third-order valence-electron chi connectivity index (χ3n) is 3.76. The second-order valence-corrected chi connectivity index (χ2v) is 5.76. The van der Waals surface area contributed by atoms with Crippen LogP contribution >= 0.6 is 11.6 Å². The van der Waals surface area contributed by atoms with E-state index in [-0.39, 0.29) is 5.91 Å². The first kappa shape index (κ1) is 14.8. The summed E-state index contributed by atoms with van der Waals surface area (Å²) in [6.07, 6.45) is 0. The predicted octanol–water partition coefficient (Wildman–Crippen LogP) is 2.40. The van der Waals surface area contributed by atoms with Gasteiger partial charge in [-0.1, -0.05) is 17.7 Å². The lowest BCUT2D eigenvalue weighted by molar-refractivity contribution is 0.0739. The molecule has 1 aromatic heterocycles. The van der Waals surface area contributed by atoms with Gasteiger partial charge in [0, 0.05) is 36.9 Å². The molecule has 1 saturated heterocycles. The maximum atomic E-state index is 12.4. The molecule has 1 aliphatic heterocycles. The molecule has 1 aromatic carbocycles. The van der Waals surface area contributed by atoms with E-state index in [9.17, 15) is 4.79 Å². The van der Waals surface area contributed by atoms with Crippen LogP contribution in [-0.4, -0.2) is 47.2 Å². The fourth-order valence-corrected chi connectivity index (χ4v) is 2.70. The Morgan fingerprint density at radius 1 is 1.09 bits per heavy atom. The number of amides is 1. The van der Waals surface area contributed by atoms with Gasteiger partial charge in [-0.2, -0.15) is 5.10 Å². The number of aryl methyl sites for hydroxylation is 1. The van der Waals surface area contributed by atoms with E-state index in [0.717, 1.165) is 29.5 Å². The van der Waals surface area contributed by atoms with Crippen molar-refractivity contribution in [2.75, 3.05) is 31.1 Å². The summed E-state index contributed by atoms with van der Waals surface area (Å²) in [4.78, 5) is 16.4. The Balaban J connectivity index is 1.64. The molecule has 0 spiro atoms. The van der Waals surface area contributed by atoms with Gasteiger partial charge in [-0.15, -0.1) is 5.10 Å². The lowest BCUT2D eigenvalue weighted by atomic mass is 10.2. The molecule has 0 saturated carbocycles. The third kappa shape index (κ3) is 3.20. The summed E-state index contributed by atoms with van der Waals surface area (Å²) in [7, 11) is 0. The lowest BCUT2D eigenvalue weighted by Crippen LogP contribution is -2.49. The molecule has 5 nitrogen and oxygen atoms in total. The van der Waals surface area contributed by atoms with E-state index >= 15 is 0 Å². The van der Waals surface area contributed by atoms with Gasteiger partial charge < -0.3 is 9.80 Å². The van der Waals surface area contributed by atoms with Crippen LogP contribution in [0, 0.1) is 6.92 Å². The molecular weight excluding hydrogens is 300 g/mol. The van der Waals surface area contributed by atoms with E-state index in [2.05, 4.69) is 15.1 Å². The fraction of sp³-hybridized carbons (Fsp3) is 0.312. The van der Waals surface area contributed by atoms with Crippen LogP contribution in [0.3, 0.4) is 0 Å². The summed E-state index contributed by atoms with van der Waals surface area (Å²) in [5.41, 5.74) is 2.30. The summed E-state index contributed by atoms with van der Waals surface area (Å²) in [5.74, 6) is -0.0572. The van der Waals surface area contributed by atoms with Crippen molar-refractivity contribution in [1.82, 2.24) is 15.1 Å². The summed E-state index contributed by atoms with van der Waals surface area (Å²) >= 11 is 6.03. The first-order valence-corrected chi connectivity index (χ1v) is 7.61. The minimum absolute atomic E-state index is 0.0572. The van der Waals surface area contributed by atoms with Gasteiger partial charge in [-0.25, -0.2) is 0 Å². The maximum Gasteiger partial charge on any atom is 0.274 e. The maximum absolute atomic E-state index is 12.4. The van der Waals surface area contributed by atoms with Crippen molar-refractivity contribution >= 4 is 23.2 Å². The van der Waals surface area contributed by atoms with Gasteiger partial charge in [0.2, 0.25) is 0 Å². The second kappa shape index (κ2) is 6.32. The third-order valence-corrected chi connectivity index (χ3v) is 3.99. The standard InChI is InChI=1S/C16H17ClN4O/c1-12-5-6-15(19-18-12)16(22)21-9-7-20(8-10-21)14-4-2-3-13(17)11-14/h2-6,11H,7-10H2,1H3. The van der Waals surface area contributed by atoms with Crippen LogP contribution in [0.5, 0.6) is 0 Å². The van der Waals surface area contributed by atoms with Crippen LogP contribution in [0.1, 0.15) is 16.2 Å². The van der Waals surface area contributed by atoms with Gasteiger partial charge >= 0.3 is 0 Å². The molecule has 0 atom stereocenters. The number of piperazine rings is 1. The SMILES string of the molecule is Cc1ccc(C(=O)N2CCN(c3cccc(Cl)c3)CC2)nn1. The van der Waals surface area contributed by atoms with Crippen LogP contribution < -0.4 is 4.90 Å². The Kier molecular flexibility index (Phi) is 4.24. The molecular formula is C16H17ClN4O. The van der Waals surface area contributed by atoms with E-state index in [1.165, 1.54) is 0 Å². The fourth-order valence-electron chi connectivity index (χ4n) is 2.52. The Morgan fingerprint density at radius 3 is 2.50 bits per heavy atom. The number of hydrogen-bond acceptors (Lipinski definition) is 4. The zero-order valence-electron chi connectivity index (χ0n) is 12.4. The van der Waals surface area contributed by atoms with Gasteiger partial charge in [0.15, 0.2) is 5.69 Å². The number of halogens is 1. The highest BCUT2D eigenvalue weighted by atomic mass is 35.5. The second-order valence-electron chi connectivity index (χ2n) is 5.32. The molecule has 1 amide bonds. The van der Waals surface area contributed by atoms with Gasteiger partial charge in [0.25, 0.3) is 5.91 Å². The number of benzene rings is 1. The highest BCUT2D eigenvalue weighted by Crippen LogP contribution is 2.21. The molecule has 0 radical (unpaired) electrons. The van der Waals surface area contributed by atoms with Crippen molar-refractivity contribution in [1.29, 1.82) is 0 Å². The number of carbonyl (C=O) groups is 1. The molecule has 22 heavy (non-hydrogen) atoms. The van der Waals surface area contributed by atoms with Gasteiger partial charge in [0.1, 0.15) is 0 Å². The zero-order chi connectivity index (χ0) is 15.5. The van der Waals surface area contributed by atoms with E-state index in [4.69, 9.17) is 11.6 Å². The van der Waals surface area contributed by atoms with Crippen LogP contribution in [0.25, 0.3) is 0 Å². The number of hydrogen-bond donors (Lipinski definition) is 0. The van der Waals surface area contributed by atoms with Crippen molar-refractivity contribution in [3.05, 3.63) is 52.8 Å². The molecule has 0 bridgehead atoms. The number of rotatable bonds is 2.